The van der Waals surface area contributed by atoms with Crippen LogP contribution in [0.2, 0.25) is 0 Å². The van der Waals surface area contributed by atoms with E-state index in [1.54, 1.807) is 51.1 Å². The lowest BCUT2D eigenvalue weighted by molar-refractivity contribution is -0.144. The minimum absolute atomic E-state index is 0.156. The van der Waals surface area contributed by atoms with Gasteiger partial charge in [-0.3, -0.25) is 4.79 Å². The van der Waals surface area contributed by atoms with Gasteiger partial charge in [-0.2, -0.15) is 13.9 Å². The first-order chi connectivity index (χ1) is 16.6. The standard InChI is InChI=1S/C24H23F5NO5P/c1-23(2,3)12-24(4,22(31)32)30-36(33,34-15-11-7-9-13-8-5-6-10-14(13)15)35-21-19(28)17(26)16(25)18(27)20(21)29/h5-11H,12H2,1-4H3,(H,30,33)(H,31,32)/t24-,36?/m0/s1. The molecule has 36 heavy (non-hydrogen) atoms. The average molecular weight is 531 g/mol. The van der Waals surface area contributed by atoms with Gasteiger partial charge in [-0.1, -0.05) is 57.2 Å². The van der Waals surface area contributed by atoms with Crippen molar-refractivity contribution in [3.63, 3.8) is 0 Å². The number of carboxylic acids is 1. The lowest BCUT2D eigenvalue weighted by Gasteiger charge is -2.35. The third-order valence-corrected chi connectivity index (χ3v) is 6.72. The number of rotatable bonds is 8. The molecular weight excluding hydrogens is 508 g/mol. The molecule has 6 nitrogen and oxygen atoms in total. The van der Waals surface area contributed by atoms with Crippen LogP contribution in [0.1, 0.15) is 34.1 Å². The molecule has 0 aliphatic rings. The highest BCUT2D eigenvalue weighted by molar-refractivity contribution is 7.52. The zero-order valence-electron chi connectivity index (χ0n) is 19.7. The molecule has 0 amide bonds. The first-order valence-corrected chi connectivity index (χ1v) is 12.1. The molecular formula is C24H23F5NO5P. The van der Waals surface area contributed by atoms with Crippen LogP contribution in [-0.4, -0.2) is 16.6 Å². The van der Waals surface area contributed by atoms with Crippen LogP contribution in [0.4, 0.5) is 22.0 Å². The van der Waals surface area contributed by atoms with E-state index in [1.807, 2.05) is 0 Å². The summed E-state index contributed by atoms with van der Waals surface area (Å²) in [5, 5.41) is 13.0. The van der Waals surface area contributed by atoms with Crippen LogP contribution in [-0.2, 0) is 9.36 Å². The van der Waals surface area contributed by atoms with Crippen LogP contribution in [0.3, 0.4) is 0 Å². The van der Waals surface area contributed by atoms with Crippen LogP contribution in [0.25, 0.3) is 10.8 Å². The second kappa shape index (κ2) is 9.71. The van der Waals surface area contributed by atoms with Gasteiger partial charge in [0, 0.05) is 5.39 Å². The van der Waals surface area contributed by atoms with Gasteiger partial charge in [-0.25, -0.2) is 17.7 Å². The number of hydrogen-bond acceptors (Lipinski definition) is 4. The minimum Gasteiger partial charge on any atom is -0.480 e. The Morgan fingerprint density at radius 1 is 0.861 bits per heavy atom. The Bertz CT molecular complexity index is 1340. The fourth-order valence-electron chi connectivity index (χ4n) is 3.78. The minimum atomic E-state index is -5.20. The quantitative estimate of drug-likeness (QED) is 0.141. The zero-order valence-corrected chi connectivity index (χ0v) is 20.6. The highest BCUT2D eigenvalue weighted by atomic mass is 31.2. The molecule has 0 aliphatic heterocycles. The summed E-state index contributed by atoms with van der Waals surface area (Å²) in [6.07, 6.45) is -0.196. The topological polar surface area (TPSA) is 84.9 Å². The van der Waals surface area contributed by atoms with E-state index in [0.29, 0.717) is 10.8 Å². The highest BCUT2D eigenvalue weighted by Gasteiger charge is 2.47. The molecule has 0 bridgehead atoms. The van der Waals surface area contributed by atoms with Crippen LogP contribution in [0, 0.1) is 34.5 Å². The molecule has 194 valence electrons. The average Bonchev–Trinajstić information content (AvgIpc) is 2.78. The molecule has 3 rings (SSSR count). The molecule has 3 aromatic rings. The monoisotopic (exact) mass is 531 g/mol. The second-order valence-corrected chi connectivity index (χ2v) is 11.1. The third kappa shape index (κ3) is 5.63. The number of halogens is 5. The van der Waals surface area contributed by atoms with Crippen LogP contribution in [0.15, 0.2) is 42.5 Å². The molecule has 0 saturated carbocycles. The van der Waals surface area contributed by atoms with Gasteiger partial charge < -0.3 is 14.2 Å². The highest BCUT2D eigenvalue weighted by Crippen LogP contribution is 2.51. The Hall–Kier alpha value is -3.17. The van der Waals surface area contributed by atoms with E-state index in [-0.39, 0.29) is 12.2 Å². The van der Waals surface area contributed by atoms with Crippen LogP contribution < -0.4 is 14.1 Å². The van der Waals surface area contributed by atoms with Crippen molar-refractivity contribution < 1.29 is 45.5 Å². The summed E-state index contributed by atoms with van der Waals surface area (Å²) in [6.45, 7) is 6.16. The number of hydrogen-bond donors (Lipinski definition) is 2. The normalized spacial score (nSPS) is 15.2. The summed E-state index contributed by atoms with van der Waals surface area (Å²) in [5.74, 6) is -15.5. The molecule has 0 heterocycles. The van der Waals surface area contributed by atoms with Crippen molar-refractivity contribution in [3.05, 3.63) is 71.6 Å². The van der Waals surface area contributed by atoms with Gasteiger partial charge in [0.2, 0.25) is 34.8 Å². The number of benzene rings is 3. The third-order valence-electron chi connectivity index (χ3n) is 5.09. The largest absolute Gasteiger partial charge is 0.514 e. The van der Waals surface area contributed by atoms with Gasteiger partial charge in [0.05, 0.1) is 0 Å². The number of carbonyl (C=O) groups is 1. The van der Waals surface area contributed by atoms with Crippen molar-refractivity contribution in [3.8, 4) is 11.5 Å². The van der Waals surface area contributed by atoms with E-state index in [9.17, 15) is 36.4 Å². The van der Waals surface area contributed by atoms with Gasteiger partial charge in [0.15, 0.2) is 0 Å². The Kier molecular flexibility index (Phi) is 7.39. The lowest BCUT2D eigenvalue weighted by atomic mass is 9.81. The van der Waals surface area contributed by atoms with Crippen LogP contribution in [0.5, 0.6) is 11.5 Å². The fourth-order valence-corrected chi connectivity index (χ4v) is 5.51. The predicted molar refractivity (Wildman–Crippen MR) is 122 cm³/mol. The molecule has 2 atom stereocenters. The first kappa shape index (κ1) is 27.4. The Morgan fingerprint density at radius 2 is 1.39 bits per heavy atom. The SMILES string of the molecule is CC(C)(C)C[C@](C)(NP(=O)(Oc1c(F)c(F)c(F)c(F)c1F)Oc1cccc2ccccc12)C(=O)O. The predicted octanol–water partition coefficient (Wildman–Crippen LogP) is 6.97. The van der Waals surface area contributed by atoms with Gasteiger partial charge in [-0.15, -0.1) is 0 Å². The number of fused-ring (bicyclic) bond motifs is 1. The summed E-state index contributed by atoms with van der Waals surface area (Å²) in [4.78, 5) is 12.2. The number of nitrogens with one attached hydrogen (secondary N) is 1. The van der Waals surface area contributed by atoms with E-state index >= 15 is 0 Å². The van der Waals surface area contributed by atoms with E-state index < -0.39 is 59.5 Å². The molecule has 0 aromatic heterocycles. The summed E-state index contributed by atoms with van der Waals surface area (Å²) >= 11 is 0. The van der Waals surface area contributed by atoms with Crippen molar-refractivity contribution in [2.45, 2.75) is 39.7 Å². The summed E-state index contributed by atoms with van der Waals surface area (Å²) in [7, 11) is -5.20. The van der Waals surface area contributed by atoms with E-state index in [1.165, 1.54) is 12.1 Å². The van der Waals surface area contributed by atoms with Gasteiger partial charge >= 0.3 is 13.7 Å². The van der Waals surface area contributed by atoms with Crippen LogP contribution >= 0.6 is 7.75 Å². The van der Waals surface area contributed by atoms with E-state index in [4.69, 9.17) is 9.05 Å². The summed E-state index contributed by atoms with van der Waals surface area (Å²) in [6, 6.07) is 11.0. The smallest absolute Gasteiger partial charge is 0.480 e. The summed E-state index contributed by atoms with van der Waals surface area (Å²) in [5.41, 5.74) is -2.77. The molecule has 0 spiro atoms. The zero-order chi connectivity index (χ0) is 27.1. The van der Waals surface area contributed by atoms with Gasteiger partial charge in [-0.05, 0) is 30.2 Å². The van der Waals surface area contributed by atoms with Crippen molar-refractivity contribution in [2.75, 3.05) is 0 Å². The van der Waals surface area contributed by atoms with E-state index in [0.717, 1.165) is 6.92 Å². The molecule has 3 aromatic carbocycles. The van der Waals surface area contributed by atoms with Crippen molar-refractivity contribution in [1.82, 2.24) is 5.09 Å². The Labute approximate surface area is 203 Å². The lowest BCUT2D eigenvalue weighted by Crippen LogP contribution is -2.51. The van der Waals surface area contributed by atoms with Crippen molar-refractivity contribution >= 4 is 24.5 Å². The maximum Gasteiger partial charge on any atom is 0.514 e. The summed E-state index contributed by atoms with van der Waals surface area (Å²) < 4.78 is 94.3. The number of aliphatic carboxylic acids is 1. The second-order valence-electron chi connectivity index (χ2n) is 9.54. The van der Waals surface area contributed by atoms with Crippen molar-refractivity contribution in [2.24, 2.45) is 5.41 Å². The van der Waals surface area contributed by atoms with E-state index in [2.05, 4.69) is 5.09 Å². The number of carboxylic acid groups (broad SMARTS) is 1. The molecule has 0 saturated heterocycles. The Balaban J connectivity index is 2.19. The van der Waals surface area contributed by atoms with Crippen molar-refractivity contribution in [1.29, 1.82) is 0 Å². The molecule has 0 fully saturated rings. The molecule has 1 unspecified atom stereocenters. The Morgan fingerprint density at radius 3 is 1.94 bits per heavy atom. The molecule has 0 aliphatic carbocycles. The molecule has 12 heteroatoms. The maximum atomic E-state index is 14.4. The van der Waals surface area contributed by atoms with Gasteiger partial charge in [0.1, 0.15) is 11.3 Å². The maximum absolute atomic E-state index is 14.4. The fraction of sp³-hybridized carbons (Fsp3) is 0.292. The first-order valence-electron chi connectivity index (χ1n) is 10.6. The molecule has 2 N–H and O–H groups in total. The van der Waals surface area contributed by atoms with Gasteiger partial charge in [0.25, 0.3) is 0 Å². The molecule has 0 radical (unpaired) electrons.